The highest BCUT2D eigenvalue weighted by molar-refractivity contribution is 6.09. The third kappa shape index (κ3) is 15.2. The molecule has 0 bridgehead atoms. The molecule has 6 amide bonds. The lowest BCUT2D eigenvalue weighted by Gasteiger charge is -2.29. The van der Waals surface area contributed by atoms with Gasteiger partial charge in [0.1, 0.15) is 47.3 Å². The number of nitrogens with zero attached hydrogens (tertiary/aromatic N) is 4. The number of H-pyrrole nitrogens is 3. The molecule has 5 atom stereocenters. The fourth-order valence-electron chi connectivity index (χ4n) is 7.10. The maximum atomic E-state index is 14.1. The fourth-order valence-corrected chi connectivity index (χ4v) is 7.10. The number of aliphatic carboxylic acids is 1. The first-order valence-electron chi connectivity index (χ1n) is 22.5. The number of nitro groups is 1. The van der Waals surface area contributed by atoms with E-state index in [0.29, 0.717) is 30.5 Å². The molecule has 71 heavy (non-hydrogen) atoms. The number of aromatic amines is 3. The number of ketones is 1. The molecular formula is C46H56N14O11. The van der Waals surface area contributed by atoms with Crippen LogP contribution in [0, 0.1) is 22.0 Å². The molecule has 2 aromatic carbocycles. The molecule has 0 saturated heterocycles. The van der Waals surface area contributed by atoms with E-state index in [1.165, 1.54) is 6.07 Å². The van der Waals surface area contributed by atoms with E-state index >= 15 is 0 Å². The summed E-state index contributed by atoms with van der Waals surface area (Å²) in [5.74, 6) is -8.40. The first-order chi connectivity index (χ1) is 33.8. The van der Waals surface area contributed by atoms with Crippen molar-refractivity contribution in [2.45, 2.75) is 90.0 Å². The Morgan fingerprint density at radius 2 is 1.13 bits per heavy atom. The smallest absolute Gasteiger partial charge is 0.343 e. The highest BCUT2D eigenvalue weighted by Crippen LogP contribution is 2.16. The number of nitrogens with two attached hydrogens (primary N) is 1. The molecule has 5 aromatic rings. The zero-order chi connectivity index (χ0) is 51.8. The minimum Gasteiger partial charge on any atom is -0.480 e. The number of aromatic nitrogens is 6. The molecule has 0 aliphatic carbocycles. The summed E-state index contributed by atoms with van der Waals surface area (Å²) in [6.45, 7) is 6.98. The normalized spacial score (nSPS) is 13.2. The number of nitrogens with one attached hydrogen (secondary N) is 9. The Bertz CT molecular complexity index is 2680. The first kappa shape index (κ1) is 53.3. The maximum Gasteiger partial charge on any atom is 0.343 e. The van der Waals surface area contributed by atoms with Gasteiger partial charge in [-0.2, -0.15) is 10.2 Å². The summed E-state index contributed by atoms with van der Waals surface area (Å²) in [5.41, 5.74) is 6.11. The Labute approximate surface area is 405 Å². The third-order valence-electron chi connectivity index (χ3n) is 11.0. The van der Waals surface area contributed by atoms with Crippen molar-refractivity contribution >= 4 is 58.8 Å². The summed E-state index contributed by atoms with van der Waals surface area (Å²) >= 11 is 0. The van der Waals surface area contributed by atoms with E-state index in [9.17, 15) is 53.6 Å². The van der Waals surface area contributed by atoms with Crippen molar-refractivity contribution in [2.75, 3.05) is 11.9 Å². The van der Waals surface area contributed by atoms with Gasteiger partial charge in [0.2, 0.25) is 29.4 Å². The van der Waals surface area contributed by atoms with Gasteiger partial charge in [-0.25, -0.2) is 4.79 Å². The molecule has 0 radical (unpaired) electrons. The van der Waals surface area contributed by atoms with E-state index in [1.54, 1.807) is 88.4 Å². The SMILES string of the molecule is CC(C)[C@H](NC(=O)[C@H](CCCCN)NC(=O)c1cc(NC(=O)c2cc(C(=O)c3cc([N+](=O)[O-])[nH]n3)n[nH]2)n[nH]1)C(=O)N[C@H](C(=O)N[C@@H](Cc1ccccc1)C(=O)N[C@@H](Cc1ccccc1)C(=O)O)C(C)C. The van der Waals surface area contributed by atoms with Crippen molar-refractivity contribution in [3.05, 3.63) is 123 Å². The lowest BCUT2D eigenvalue weighted by Crippen LogP contribution is -2.61. The first-order valence-corrected chi connectivity index (χ1v) is 22.5. The third-order valence-corrected chi connectivity index (χ3v) is 11.0. The van der Waals surface area contributed by atoms with Crippen LogP contribution in [0.25, 0.3) is 0 Å². The van der Waals surface area contributed by atoms with Crippen LogP contribution < -0.4 is 37.6 Å². The van der Waals surface area contributed by atoms with Gasteiger partial charge < -0.3 is 52.9 Å². The van der Waals surface area contributed by atoms with Crippen LogP contribution in [0.3, 0.4) is 0 Å². The maximum absolute atomic E-state index is 14.1. The van der Waals surface area contributed by atoms with Gasteiger partial charge in [0.25, 0.3) is 11.8 Å². The van der Waals surface area contributed by atoms with Crippen molar-refractivity contribution < 1.29 is 48.4 Å². The topological polar surface area (TPSA) is 384 Å². The van der Waals surface area contributed by atoms with E-state index in [4.69, 9.17) is 5.73 Å². The standard InChI is InChI=1S/C46H56N14O11/c1-24(2)37(44(66)49-31(19-26-13-7-5-8-14-26)41(63)50-34(46(68)69)20-27-15-9-6-10-16-27)53-45(67)38(25(3)4)52-40(62)28(17-11-12-18-47)48-42(64)33-22-35(58-57-33)51-43(65)32-21-29(54-56-32)39(61)30-23-36(59-55-30)60(70)71/h5-10,13-16,21-25,28,31,34,37-38H,11-12,17-20,47H2,1-4H3,(H,48,64)(H,49,66)(H,50,63)(H,52,62)(H,53,67)(H,54,56)(H,55,59)(H,68,69)(H2,51,57,58,65)/t28-,31-,34-,37-,38-/m0/s1. The number of rotatable bonds is 26. The van der Waals surface area contributed by atoms with Gasteiger partial charge in [0, 0.05) is 25.0 Å². The fraction of sp³-hybridized carbons (Fsp3) is 0.370. The molecule has 0 spiro atoms. The lowest BCUT2D eigenvalue weighted by atomic mass is 9.98. The number of carbonyl (C=O) groups is 8. The zero-order valence-electron chi connectivity index (χ0n) is 39.2. The van der Waals surface area contributed by atoms with Crippen LogP contribution in [0.15, 0.2) is 78.9 Å². The molecule has 3 aromatic heterocycles. The van der Waals surface area contributed by atoms with Gasteiger partial charge >= 0.3 is 11.8 Å². The largest absolute Gasteiger partial charge is 0.480 e. The molecular weight excluding hydrogens is 925 g/mol. The van der Waals surface area contributed by atoms with Crippen LogP contribution >= 0.6 is 0 Å². The second-order valence-electron chi connectivity index (χ2n) is 17.1. The highest BCUT2D eigenvalue weighted by atomic mass is 16.6. The van der Waals surface area contributed by atoms with E-state index < -0.39 is 100.0 Å². The Morgan fingerprint density at radius 3 is 1.69 bits per heavy atom. The minimum absolute atomic E-state index is 0.00719. The summed E-state index contributed by atoms with van der Waals surface area (Å²) in [6, 6.07) is 14.4. The molecule has 3 heterocycles. The Morgan fingerprint density at radius 1 is 0.620 bits per heavy atom. The molecule has 25 heteroatoms. The highest BCUT2D eigenvalue weighted by Gasteiger charge is 2.35. The van der Waals surface area contributed by atoms with E-state index in [2.05, 4.69) is 62.5 Å². The van der Waals surface area contributed by atoms with Crippen LogP contribution in [0.1, 0.15) is 95.2 Å². The van der Waals surface area contributed by atoms with Crippen LogP contribution in [0.4, 0.5) is 11.6 Å². The molecule has 0 aliphatic heterocycles. The van der Waals surface area contributed by atoms with Crippen LogP contribution in [-0.2, 0) is 36.8 Å². The summed E-state index contributed by atoms with van der Waals surface area (Å²) in [7, 11) is 0. The summed E-state index contributed by atoms with van der Waals surface area (Å²) in [5, 5.41) is 55.0. The summed E-state index contributed by atoms with van der Waals surface area (Å²) in [4.78, 5) is 117. The number of hydrogen-bond acceptors (Lipinski definition) is 14. The summed E-state index contributed by atoms with van der Waals surface area (Å²) in [6.07, 6.45) is 0.970. The average Bonchev–Trinajstić information content (AvgIpc) is 4.15. The second kappa shape index (κ2) is 25.1. The average molecular weight is 981 g/mol. The number of anilines is 1. The second-order valence-corrected chi connectivity index (χ2v) is 17.1. The zero-order valence-corrected chi connectivity index (χ0v) is 39.2. The van der Waals surface area contributed by atoms with Gasteiger partial charge in [-0.3, -0.25) is 43.8 Å². The quantitative estimate of drug-likeness (QED) is 0.0161. The van der Waals surface area contributed by atoms with Crippen molar-refractivity contribution in [1.29, 1.82) is 0 Å². The molecule has 0 saturated carbocycles. The van der Waals surface area contributed by atoms with Crippen molar-refractivity contribution in [1.82, 2.24) is 57.2 Å². The predicted octanol–water partition coefficient (Wildman–Crippen LogP) is 1.30. The number of carboxylic acids is 1. The Hall–Kier alpha value is -8.61. The van der Waals surface area contributed by atoms with Gasteiger partial charge in [0.05, 0.1) is 6.07 Å². The predicted molar refractivity (Wildman–Crippen MR) is 253 cm³/mol. The molecule has 0 unspecified atom stereocenters. The molecule has 25 nitrogen and oxygen atoms in total. The minimum atomic E-state index is -1.32. The molecule has 0 fully saturated rings. The number of carboxylic acid groups (broad SMARTS) is 1. The molecule has 5 rings (SSSR count). The number of amides is 6. The van der Waals surface area contributed by atoms with E-state index in [-0.39, 0.29) is 47.9 Å². The van der Waals surface area contributed by atoms with Crippen LogP contribution in [-0.4, -0.2) is 125 Å². The van der Waals surface area contributed by atoms with Crippen molar-refractivity contribution in [3.63, 3.8) is 0 Å². The molecule has 12 N–H and O–H groups in total. The summed E-state index contributed by atoms with van der Waals surface area (Å²) < 4.78 is 0. The molecule has 0 aliphatic rings. The van der Waals surface area contributed by atoms with Crippen molar-refractivity contribution in [2.24, 2.45) is 17.6 Å². The van der Waals surface area contributed by atoms with Gasteiger partial charge in [-0.15, -0.1) is 5.10 Å². The van der Waals surface area contributed by atoms with Crippen LogP contribution in [0.5, 0.6) is 0 Å². The number of carbonyl (C=O) groups excluding carboxylic acids is 7. The van der Waals surface area contributed by atoms with Crippen LogP contribution in [0.2, 0.25) is 0 Å². The Balaban J connectivity index is 1.24. The van der Waals surface area contributed by atoms with Crippen molar-refractivity contribution in [3.8, 4) is 0 Å². The number of hydrogen-bond donors (Lipinski definition) is 11. The number of unbranched alkanes of at least 4 members (excludes halogenated alkanes) is 1. The van der Waals surface area contributed by atoms with Gasteiger partial charge in [0.15, 0.2) is 11.5 Å². The molecule has 376 valence electrons. The van der Waals surface area contributed by atoms with Gasteiger partial charge in [-0.05, 0) is 53.7 Å². The number of benzene rings is 2. The van der Waals surface area contributed by atoms with E-state index in [0.717, 1.165) is 12.1 Å². The monoisotopic (exact) mass is 980 g/mol. The van der Waals surface area contributed by atoms with E-state index in [1.807, 2.05) is 0 Å². The Kier molecular flexibility index (Phi) is 18.9. The lowest BCUT2D eigenvalue weighted by molar-refractivity contribution is -0.389. The van der Waals surface area contributed by atoms with Gasteiger partial charge in [-0.1, -0.05) is 93.5 Å².